The van der Waals surface area contributed by atoms with Gasteiger partial charge in [-0.25, -0.2) is 4.39 Å². The fraction of sp³-hybridized carbons (Fsp3) is 0.708. The van der Waals surface area contributed by atoms with Crippen molar-refractivity contribution in [2.75, 3.05) is 6.61 Å². The van der Waals surface area contributed by atoms with E-state index in [0.29, 0.717) is 24.8 Å². The number of rotatable bonds is 3. The molecular weight excluding hydrogens is 403 g/mol. The number of hydrogen-bond acceptors (Lipinski definition) is 6. The second-order valence-electron chi connectivity index (χ2n) is 10.4. The first-order chi connectivity index (χ1) is 14.3. The lowest BCUT2D eigenvalue weighted by Gasteiger charge is -2.62. The van der Waals surface area contributed by atoms with Gasteiger partial charge in [0.15, 0.2) is 18.1 Å². The molecule has 0 aromatic carbocycles. The molecule has 0 aromatic rings. The van der Waals surface area contributed by atoms with Crippen molar-refractivity contribution in [2.24, 2.45) is 28.6 Å². The SMILES string of the molecule is CC(=O)OCC(=O)[C@]1(O)[C@H](C)C[C@@H]2[C@H]3CCC4=CC(=O)C=C[C@]4(C)[C@]3(F)[C@@H](O)C[C@@]21C. The zero-order valence-electron chi connectivity index (χ0n) is 18.5. The third kappa shape index (κ3) is 2.65. The lowest BCUT2D eigenvalue weighted by molar-refractivity contribution is -0.219. The van der Waals surface area contributed by atoms with Crippen molar-refractivity contribution in [1.29, 1.82) is 0 Å². The molecule has 4 rings (SSSR count). The third-order valence-corrected chi connectivity index (χ3v) is 9.05. The molecule has 0 bridgehead atoms. The molecule has 7 heteroatoms. The first-order valence-electron chi connectivity index (χ1n) is 11.0. The maximum absolute atomic E-state index is 17.0. The van der Waals surface area contributed by atoms with E-state index in [-0.39, 0.29) is 18.1 Å². The zero-order chi connectivity index (χ0) is 23.0. The van der Waals surface area contributed by atoms with E-state index in [0.717, 1.165) is 0 Å². The summed E-state index contributed by atoms with van der Waals surface area (Å²) in [5, 5.41) is 22.9. The van der Waals surface area contributed by atoms with E-state index in [1.165, 1.54) is 19.1 Å². The summed E-state index contributed by atoms with van der Waals surface area (Å²) < 4.78 is 21.9. The molecule has 0 unspecified atom stereocenters. The topological polar surface area (TPSA) is 101 Å². The number of Topliss-reactive ketones (excluding diaryl/α,β-unsaturated/α-hetero) is 1. The number of ketones is 2. The second-order valence-corrected chi connectivity index (χ2v) is 10.4. The van der Waals surface area contributed by atoms with Gasteiger partial charge in [-0.1, -0.05) is 25.5 Å². The first kappa shape index (κ1) is 22.3. The molecule has 170 valence electrons. The number of carbonyl (C=O) groups is 3. The Labute approximate surface area is 181 Å². The molecule has 0 radical (unpaired) electrons. The summed E-state index contributed by atoms with van der Waals surface area (Å²) >= 11 is 0. The molecule has 2 N–H and O–H groups in total. The number of hydrogen-bond donors (Lipinski definition) is 2. The van der Waals surface area contributed by atoms with Crippen molar-refractivity contribution >= 4 is 17.5 Å². The molecule has 0 amide bonds. The van der Waals surface area contributed by atoms with Gasteiger partial charge in [0.05, 0.1) is 6.10 Å². The minimum absolute atomic E-state index is 0.0953. The molecule has 3 fully saturated rings. The van der Waals surface area contributed by atoms with Crippen molar-refractivity contribution in [3.63, 3.8) is 0 Å². The van der Waals surface area contributed by atoms with Crippen LogP contribution in [-0.4, -0.2) is 51.7 Å². The Kier molecular flexibility index (Phi) is 4.91. The Hall–Kier alpha value is -1.86. The summed E-state index contributed by atoms with van der Waals surface area (Å²) in [6.07, 6.45) is 4.29. The molecule has 8 atom stereocenters. The van der Waals surface area contributed by atoms with Crippen LogP contribution >= 0.6 is 0 Å². The number of carbonyl (C=O) groups excluding carboxylic acids is 3. The van der Waals surface area contributed by atoms with Gasteiger partial charge in [-0.05, 0) is 56.6 Å². The van der Waals surface area contributed by atoms with Gasteiger partial charge in [0.1, 0.15) is 5.60 Å². The Bertz CT molecular complexity index is 910. The number of alkyl halides is 1. The highest BCUT2D eigenvalue weighted by Gasteiger charge is 2.75. The Morgan fingerprint density at radius 1 is 1.29 bits per heavy atom. The number of fused-ring (bicyclic) bond motifs is 5. The molecule has 0 spiro atoms. The Balaban J connectivity index is 1.76. The summed E-state index contributed by atoms with van der Waals surface area (Å²) in [7, 11) is 0. The van der Waals surface area contributed by atoms with Gasteiger partial charge < -0.3 is 14.9 Å². The van der Waals surface area contributed by atoms with Crippen LogP contribution in [0.3, 0.4) is 0 Å². The van der Waals surface area contributed by atoms with Gasteiger partial charge in [-0.2, -0.15) is 0 Å². The van der Waals surface area contributed by atoms with Crippen molar-refractivity contribution in [3.8, 4) is 0 Å². The summed E-state index contributed by atoms with van der Waals surface area (Å²) in [5.41, 5.74) is -5.33. The molecule has 0 saturated heterocycles. The lowest BCUT2D eigenvalue weighted by atomic mass is 9.44. The van der Waals surface area contributed by atoms with E-state index in [1.54, 1.807) is 26.8 Å². The van der Waals surface area contributed by atoms with Gasteiger partial charge in [0.2, 0.25) is 5.78 Å². The quantitative estimate of drug-likeness (QED) is 0.662. The Morgan fingerprint density at radius 2 is 1.97 bits per heavy atom. The molecular formula is C24H31FO6. The molecule has 6 nitrogen and oxygen atoms in total. The van der Waals surface area contributed by atoms with Crippen LogP contribution in [0.1, 0.15) is 53.4 Å². The van der Waals surface area contributed by atoms with Crippen molar-refractivity contribution < 1.29 is 33.7 Å². The fourth-order valence-corrected chi connectivity index (χ4v) is 7.42. The molecule has 0 aliphatic heterocycles. The van der Waals surface area contributed by atoms with Crippen molar-refractivity contribution in [1.82, 2.24) is 0 Å². The summed E-state index contributed by atoms with van der Waals surface area (Å²) in [4.78, 5) is 36.2. The second kappa shape index (κ2) is 6.82. The van der Waals surface area contributed by atoms with E-state index in [2.05, 4.69) is 0 Å². The highest BCUT2D eigenvalue weighted by atomic mass is 19.1. The Morgan fingerprint density at radius 3 is 2.61 bits per heavy atom. The smallest absolute Gasteiger partial charge is 0.303 e. The van der Waals surface area contributed by atoms with E-state index in [1.807, 2.05) is 0 Å². The number of ether oxygens (including phenoxy) is 1. The number of aliphatic hydroxyl groups excluding tert-OH is 1. The minimum Gasteiger partial charge on any atom is -0.458 e. The standard InChI is InChI=1S/C24H31FO6/c1-13-9-18-17-6-5-15-10-16(27)7-8-21(15,3)23(17,25)19(28)11-22(18,4)24(13,30)20(29)12-31-14(2)26/h7-8,10,13,17-19,28,30H,5-6,9,11-12H2,1-4H3/t13-,17-,18-,19+,21+,22+,23-,24-/m1/s1. The molecule has 4 aliphatic carbocycles. The van der Waals surface area contributed by atoms with Crippen molar-refractivity contribution in [2.45, 2.75) is 70.8 Å². The number of halogens is 1. The van der Waals surface area contributed by atoms with Crippen LogP contribution in [0, 0.1) is 28.6 Å². The number of allylic oxidation sites excluding steroid dienone is 4. The van der Waals surface area contributed by atoms with E-state index >= 15 is 4.39 Å². The third-order valence-electron chi connectivity index (χ3n) is 9.05. The molecule has 31 heavy (non-hydrogen) atoms. The van der Waals surface area contributed by atoms with Gasteiger partial charge in [0, 0.05) is 23.7 Å². The highest BCUT2D eigenvalue weighted by Crippen LogP contribution is 2.70. The predicted molar refractivity (Wildman–Crippen MR) is 109 cm³/mol. The van der Waals surface area contributed by atoms with Crippen molar-refractivity contribution in [3.05, 3.63) is 23.8 Å². The largest absolute Gasteiger partial charge is 0.458 e. The van der Waals surface area contributed by atoms with E-state index in [9.17, 15) is 24.6 Å². The molecule has 3 saturated carbocycles. The van der Waals surface area contributed by atoms with Crippen LogP contribution in [0.5, 0.6) is 0 Å². The average molecular weight is 435 g/mol. The molecule has 4 aliphatic rings. The van der Waals surface area contributed by atoms with Crippen LogP contribution in [0.4, 0.5) is 4.39 Å². The van der Waals surface area contributed by atoms with Crippen LogP contribution in [-0.2, 0) is 19.1 Å². The number of esters is 1. The van der Waals surface area contributed by atoms with Crippen LogP contribution in [0.15, 0.2) is 23.8 Å². The van der Waals surface area contributed by atoms with Crippen LogP contribution in [0.2, 0.25) is 0 Å². The van der Waals surface area contributed by atoms with E-state index in [4.69, 9.17) is 4.74 Å². The van der Waals surface area contributed by atoms with Gasteiger partial charge >= 0.3 is 5.97 Å². The normalized spacial score (nSPS) is 48.4. The zero-order valence-corrected chi connectivity index (χ0v) is 18.5. The van der Waals surface area contributed by atoms with Gasteiger partial charge in [0.25, 0.3) is 0 Å². The highest BCUT2D eigenvalue weighted by molar-refractivity contribution is 6.01. The van der Waals surface area contributed by atoms with Gasteiger partial charge in [-0.3, -0.25) is 14.4 Å². The van der Waals surface area contributed by atoms with Crippen LogP contribution in [0.25, 0.3) is 0 Å². The average Bonchev–Trinajstić information content (AvgIpc) is 2.89. The first-order valence-corrected chi connectivity index (χ1v) is 11.0. The van der Waals surface area contributed by atoms with E-state index < -0.39 is 58.4 Å². The fourth-order valence-electron chi connectivity index (χ4n) is 7.42. The van der Waals surface area contributed by atoms with Gasteiger partial charge in [-0.15, -0.1) is 0 Å². The predicted octanol–water partition coefficient (Wildman–Crippen LogP) is 2.47. The maximum Gasteiger partial charge on any atom is 0.303 e. The maximum atomic E-state index is 17.0. The monoisotopic (exact) mass is 434 g/mol. The minimum atomic E-state index is -2.01. The summed E-state index contributed by atoms with van der Waals surface area (Å²) in [6, 6.07) is 0. The number of aliphatic hydroxyl groups is 2. The lowest BCUT2D eigenvalue weighted by Crippen LogP contribution is -2.69. The molecule has 0 heterocycles. The molecule has 0 aromatic heterocycles. The summed E-state index contributed by atoms with van der Waals surface area (Å²) in [6.45, 7) is 5.89. The van der Waals surface area contributed by atoms with Crippen LogP contribution < -0.4 is 0 Å². The summed E-state index contributed by atoms with van der Waals surface area (Å²) in [5.74, 6) is -2.80.